The third kappa shape index (κ3) is 4.96. The Morgan fingerprint density at radius 2 is 1.24 bits per heavy atom. The van der Waals surface area contributed by atoms with Crippen molar-refractivity contribution in [3.63, 3.8) is 0 Å². The summed E-state index contributed by atoms with van der Waals surface area (Å²) in [7, 11) is 0. The number of allylic oxidation sites excluding steroid dienone is 4. The minimum absolute atomic E-state index is 0.149. The van der Waals surface area contributed by atoms with Crippen LogP contribution >= 0.6 is 21.3 Å². The average molecular weight is 857 g/mol. The van der Waals surface area contributed by atoms with Crippen LogP contribution in [0.1, 0.15) is 17.0 Å². The van der Waals surface area contributed by atoms with Crippen LogP contribution in [0.2, 0.25) is 0 Å². The third-order valence-corrected chi connectivity index (χ3v) is 14.6. The van der Waals surface area contributed by atoms with E-state index in [1.807, 2.05) is 6.08 Å². The zero-order valence-electron chi connectivity index (χ0n) is 31.5. The second-order valence-electron chi connectivity index (χ2n) is 15.4. The number of nitrogens with two attached hydrogens (primary N) is 1. The van der Waals surface area contributed by atoms with Gasteiger partial charge in [0.25, 0.3) is 0 Å². The van der Waals surface area contributed by atoms with Gasteiger partial charge in [0.15, 0.2) is 0 Å². The van der Waals surface area contributed by atoms with E-state index in [4.69, 9.17) is 8.88 Å². The lowest BCUT2D eigenvalue weighted by atomic mass is 9.83. The summed E-state index contributed by atoms with van der Waals surface area (Å²) < 4.78 is 10.8. The number of aromatic nitrogens is 1. The number of benzene rings is 8. The van der Waals surface area contributed by atoms with Gasteiger partial charge in [0.05, 0.1) is 34.5 Å². The molecule has 2 aliphatic carbocycles. The van der Waals surface area contributed by atoms with E-state index < -0.39 is 21.3 Å². The van der Waals surface area contributed by atoms with E-state index in [1.54, 1.807) is 0 Å². The molecule has 0 fully saturated rings. The Hall–Kier alpha value is -6.41. The fraction of sp³-hybridized carbons (Fsp3) is 0.0566. The summed E-state index contributed by atoms with van der Waals surface area (Å²) in [6, 6.07) is 53.3. The van der Waals surface area contributed by atoms with Crippen LogP contribution in [0.4, 0.5) is 5.69 Å². The maximum absolute atomic E-state index is 6.74. The summed E-state index contributed by atoms with van der Waals surface area (Å²) in [4.78, 5) is 0. The maximum Gasteiger partial charge on any atom is 0.122 e. The number of halogens is 1. The summed E-state index contributed by atoms with van der Waals surface area (Å²) >= 11 is -0.910. The first-order chi connectivity index (χ1) is 28.7. The van der Waals surface area contributed by atoms with Gasteiger partial charge in [-0.2, -0.15) is 0 Å². The lowest BCUT2D eigenvalue weighted by Gasteiger charge is -2.24. The normalized spacial score (nSPS) is 19.6. The Morgan fingerprint density at radius 3 is 2.07 bits per heavy atom. The zero-order chi connectivity index (χ0) is 38.3. The highest BCUT2D eigenvalue weighted by Gasteiger charge is 2.40. The van der Waals surface area contributed by atoms with Crippen LogP contribution in [0.3, 0.4) is 0 Å². The fourth-order valence-electron chi connectivity index (χ4n) is 9.82. The summed E-state index contributed by atoms with van der Waals surface area (Å²) in [6.07, 6.45) is 17.6. The number of hydrogen-bond donors (Lipinski definition) is 1. The lowest BCUT2D eigenvalue weighted by Crippen LogP contribution is -2.24. The van der Waals surface area contributed by atoms with Gasteiger partial charge >= 0.3 is 0 Å². The molecule has 3 unspecified atom stereocenters. The second-order valence-corrected chi connectivity index (χ2v) is 17.4. The molecule has 2 N–H and O–H groups in total. The van der Waals surface area contributed by atoms with Gasteiger partial charge in [-0.05, 0) is 56.3 Å². The van der Waals surface area contributed by atoms with Crippen molar-refractivity contribution in [2.45, 2.75) is 18.0 Å². The minimum Gasteiger partial charge on any atom is -0.321 e. The monoisotopic (exact) mass is 856 g/mol. The van der Waals surface area contributed by atoms with Gasteiger partial charge in [0, 0.05) is 44.1 Å². The lowest BCUT2D eigenvalue weighted by molar-refractivity contribution is 0.785. The van der Waals surface area contributed by atoms with E-state index in [1.165, 1.54) is 81.8 Å². The van der Waals surface area contributed by atoms with Crippen LogP contribution in [0.15, 0.2) is 203 Å². The molecular formula is C53H37IN4. The van der Waals surface area contributed by atoms with Crippen LogP contribution in [-0.4, -0.2) is 16.7 Å². The molecule has 0 saturated carbocycles. The maximum atomic E-state index is 6.74. The number of rotatable bonds is 4. The van der Waals surface area contributed by atoms with E-state index in [9.17, 15) is 0 Å². The van der Waals surface area contributed by atoms with E-state index >= 15 is 0 Å². The van der Waals surface area contributed by atoms with Gasteiger partial charge in [0.1, 0.15) is 21.3 Å². The zero-order valence-corrected chi connectivity index (χ0v) is 33.7. The van der Waals surface area contributed by atoms with Crippen molar-refractivity contribution in [3.05, 3.63) is 211 Å². The molecule has 1 aromatic heterocycles. The van der Waals surface area contributed by atoms with Crippen LogP contribution in [-0.2, 0) is 0 Å². The van der Waals surface area contributed by atoms with Crippen LogP contribution in [0.5, 0.6) is 0 Å². The summed E-state index contributed by atoms with van der Waals surface area (Å²) in [5.74, 6) is 0.171. The van der Waals surface area contributed by atoms with E-state index in [2.05, 4.69) is 196 Å². The molecule has 0 bridgehead atoms. The van der Waals surface area contributed by atoms with Gasteiger partial charge in [-0.25, -0.2) is 3.15 Å². The molecule has 5 heteroatoms. The number of hydrogen-bond acceptors (Lipinski definition) is 2. The Kier molecular flexibility index (Phi) is 7.75. The van der Waals surface area contributed by atoms with Crippen molar-refractivity contribution in [2.24, 2.45) is 8.88 Å². The van der Waals surface area contributed by atoms with Gasteiger partial charge in [-0.1, -0.05) is 176 Å². The molecular weight excluding hydrogens is 820 g/mol. The topological polar surface area (TPSA) is 46.5 Å². The molecule has 3 aliphatic rings. The molecule has 8 aromatic carbocycles. The van der Waals surface area contributed by atoms with Crippen molar-refractivity contribution in [1.29, 1.82) is 0 Å². The molecule has 3 atom stereocenters. The van der Waals surface area contributed by atoms with Crippen LogP contribution < -0.4 is 8.85 Å². The molecule has 1 aliphatic heterocycles. The number of fused-ring (bicyclic) bond motifs is 16. The highest BCUT2D eigenvalue weighted by Crippen LogP contribution is 2.57. The van der Waals surface area contributed by atoms with Crippen molar-refractivity contribution in [1.82, 2.24) is 4.57 Å². The van der Waals surface area contributed by atoms with Crippen molar-refractivity contribution < 1.29 is 0 Å². The predicted octanol–water partition coefficient (Wildman–Crippen LogP) is 13.7. The summed E-state index contributed by atoms with van der Waals surface area (Å²) in [6.45, 7) is 0. The van der Waals surface area contributed by atoms with E-state index in [0.717, 1.165) is 16.8 Å². The first-order valence-electron chi connectivity index (χ1n) is 20.0. The van der Waals surface area contributed by atoms with Gasteiger partial charge in [-0.3, -0.25) is 3.11 Å². The highest BCUT2D eigenvalue weighted by molar-refractivity contribution is 14.2. The van der Waals surface area contributed by atoms with Crippen molar-refractivity contribution in [2.75, 3.05) is 3.11 Å². The number of anilines is 1. The van der Waals surface area contributed by atoms with Crippen molar-refractivity contribution >= 4 is 97.6 Å². The Labute approximate surface area is 346 Å². The van der Waals surface area contributed by atoms with Crippen LogP contribution in [0, 0.1) is 0 Å². The SMILES string of the molecule is NC1C=CC=C/C1=C(/N=IN1c2c(c3c4ccccc4c4c(c5ccccc5n4-c4ccc5ccccc5c4)c3c3ccccc23)C2C=CC=CC21)c1ccccc1. The molecule has 9 aromatic rings. The number of nitrogens with zero attached hydrogens (tertiary/aromatic N) is 3. The number of para-hydroxylation sites is 1. The van der Waals surface area contributed by atoms with Crippen LogP contribution in [0.25, 0.3) is 76.3 Å². The molecule has 2 heterocycles. The van der Waals surface area contributed by atoms with Gasteiger partial charge < -0.3 is 10.3 Å². The molecule has 0 amide bonds. The molecule has 0 spiro atoms. The van der Waals surface area contributed by atoms with Gasteiger partial charge in [0.2, 0.25) is 0 Å². The average Bonchev–Trinajstić information content (AvgIpc) is 3.81. The smallest absolute Gasteiger partial charge is 0.122 e. The van der Waals surface area contributed by atoms with E-state index in [0.29, 0.717) is 0 Å². The highest BCUT2D eigenvalue weighted by atomic mass is 127. The second kappa shape index (κ2) is 13.3. The Balaban J connectivity index is 1.21. The first kappa shape index (κ1) is 33.7. The first-order valence-corrected chi connectivity index (χ1v) is 21.9. The summed E-state index contributed by atoms with van der Waals surface area (Å²) in [5.41, 5.74) is 16.2. The van der Waals surface area contributed by atoms with Crippen molar-refractivity contribution in [3.8, 4) is 5.69 Å². The molecule has 12 rings (SSSR count). The molecule has 276 valence electrons. The van der Waals surface area contributed by atoms with Gasteiger partial charge in [-0.15, -0.1) is 0 Å². The molecule has 58 heavy (non-hydrogen) atoms. The molecule has 0 saturated heterocycles. The molecule has 0 radical (unpaired) electrons. The third-order valence-electron chi connectivity index (χ3n) is 12.3. The standard InChI is InChI=1S/C53H37IN4/c55-44-27-13-10-24-41(44)51(34-17-2-1-3-18-34)56-54-58-46-29-15-12-26-43(46)50-48-37-20-6-8-22-39(37)52-49(47(48)38-21-7-9-23-40(38)53(50)58)42-25-11-14-28-45(42)57(52)36-31-30-33-16-4-5-19-35(33)32-36/h1-32,43-44,46H,55H2/b51-41-. The van der Waals surface area contributed by atoms with E-state index in [-0.39, 0.29) is 18.0 Å². The largest absolute Gasteiger partial charge is 0.321 e. The fourth-order valence-corrected chi connectivity index (χ4v) is 12.4. The summed E-state index contributed by atoms with van der Waals surface area (Å²) in [5, 5.41) is 12.8. The Bertz CT molecular complexity index is 3380. The minimum atomic E-state index is -0.910. The Morgan fingerprint density at radius 1 is 0.569 bits per heavy atom. The predicted molar refractivity (Wildman–Crippen MR) is 254 cm³/mol. The molecule has 4 nitrogen and oxygen atoms in total. The quantitative estimate of drug-likeness (QED) is 0.109.